The maximum Gasteiger partial charge on any atom is 0.416 e. The summed E-state index contributed by atoms with van der Waals surface area (Å²) in [5.41, 5.74) is 0.146. The van der Waals surface area contributed by atoms with Crippen LogP contribution in [0.25, 0.3) is 0 Å². The average molecular weight is 244 g/mol. The first-order valence-electron chi connectivity index (χ1n) is 5.03. The van der Waals surface area contributed by atoms with Crippen LogP contribution in [-0.2, 0) is 17.4 Å². The molecule has 1 aliphatic heterocycles. The highest BCUT2D eigenvalue weighted by molar-refractivity contribution is 5.71. The van der Waals surface area contributed by atoms with Crippen LogP contribution in [0.3, 0.4) is 0 Å². The molecule has 17 heavy (non-hydrogen) atoms. The quantitative estimate of drug-likeness (QED) is 0.803. The first kappa shape index (κ1) is 11.8. The molecular weight excluding hydrogens is 235 g/mol. The summed E-state index contributed by atoms with van der Waals surface area (Å²) in [6.45, 7) is 0.181. The van der Waals surface area contributed by atoms with Crippen LogP contribution in [0.15, 0.2) is 18.2 Å². The summed E-state index contributed by atoms with van der Waals surface area (Å²) in [7, 11) is 0. The molecule has 1 unspecified atom stereocenters. The van der Waals surface area contributed by atoms with Crippen molar-refractivity contribution in [2.75, 3.05) is 11.9 Å². The minimum atomic E-state index is -4.41. The van der Waals surface area contributed by atoms with Crippen molar-refractivity contribution < 1.29 is 23.1 Å². The molecule has 6 heteroatoms. The first-order chi connectivity index (χ1) is 7.88. The lowest BCUT2D eigenvalue weighted by molar-refractivity contribution is -0.311. The SMILES string of the molecule is O=C([O-])C1CNc2ccc(C(F)(F)F)cc2C1. The smallest absolute Gasteiger partial charge is 0.416 e. The summed E-state index contributed by atoms with van der Waals surface area (Å²) in [6.07, 6.45) is -4.35. The molecule has 92 valence electrons. The van der Waals surface area contributed by atoms with E-state index >= 15 is 0 Å². The standard InChI is InChI=1S/C11H10F3NO2/c12-11(13,14)8-1-2-9-6(4-8)3-7(5-15-9)10(16)17/h1-2,4,7,15H,3,5H2,(H,16,17)/p-1. The van der Waals surface area contributed by atoms with E-state index in [1.807, 2.05) is 0 Å². The number of nitrogens with one attached hydrogen (secondary N) is 1. The zero-order valence-corrected chi connectivity index (χ0v) is 8.67. The number of hydrogen-bond donors (Lipinski definition) is 1. The van der Waals surface area contributed by atoms with Gasteiger partial charge in [-0.15, -0.1) is 0 Å². The molecule has 0 saturated carbocycles. The molecule has 0 aromatic heterocycles. The van der Waals surface area contributed by atoms with Crippen molar-refractivity contribution in [2.24, 2.45) is 5.92 Å². The molecule has 2 rings (SSSR count). The third kappa shape index (κ3) is 2.35. The van der Waals surface area contributed by atoms with Crippen molar-refractivity contribution in [1.29, 1.82) is 0 Å². The largest absolute Gasteiger partial charge is 0.550 e. The number of alkyl halides is 3. The van der Waals surface area contributed by atoms with Gasteiger partial charge in [0.15, 0.2) is 0 Å². The number of anilines is 1. The lowest BCUT2D eigenvalue weighted by atomic mass is 9.93. The van der Waals surface area contributed by atoms with Crippen molar-refractivity contribution in [3.05, 3.63) is 29.3 Å². The van der Waals surface area contributed by atoms with Crippen LogP contribution in [-0.4, -0.2) is 12.5 Å². The molecule has 1 N–H and O–H groups in total. The Morgan fingerprint density at radius 2 is 2.12 bits per heavy atom. The summed E-state index contributed by atoms with van der Waals surface area (Å²) in [5.74, 6) is -2.04. The van der Waals surface area contributed by atoms with Gasteiger partial charge in [0.2, 0.25) is 0 Å². The van der Waals surface area contributed by atoms with Crippen LogP contribution in [0.4, 0.5) is 18.9 Å². The molecule has 0 amide bonds. The molecule has 0 spiro atoms. The van der Waals surface area contributed by atoms with Gasteiger partial charge in [0.05, 0.1) is 5.56 Å². The molecular formula is C11H9F3NO2-. The van der Waals surface area contributed by atoms with Crippen molar-refractivity contribution in [2.45, 2.75) is 12.6 Å². The molecule has 1 aromatic rings. The van der Waals surface area contributed by atoms with E-state index in [1.165, 1.54) is 6.07 Å². The number of fused-ring (bicyclic) bond motifs is 1. The fourth-order valence-electron chi connectivity index (χ4n) is 1.85. The zero-order chi connectivity index (χ0) is 12.6. The van der Waals surface area contributed by atoms with Gasteiger partial charge in [-0.2, -0.15) is 13.2 Å². The van der Waals surface area contributed by atoms with Crippen molar-refractivity contribution in [3.63, 3.8) is 0 Å². The molecule has 3 nitrogen and oxygen atoms in total. The second kappa shape index (κ2) is 3.94. The van der Waals surface area contributed by atoms with E-state index in [0.717, 1.165) is 12.1 Å². The third-order valence-electron chi connectivity index (χ3n) is 2.77. The van der Waals surface area contributed by atoms with E-state index in [4.69, 9.17) is 0 Å². The zero-order valence-electron chi connectivity index (χ0n) is 8.67. The van der Waals surface area contributed by atoms with Gasteiger partial charge in [0.1, 0.15) is 0 Å². The number of halogens is 3. The second-order valence-corrected chi connectivity index (χ2v) is 3.97. The number of aliphatic carboxylic acids is 1. The predicted octanol–water partition coefficient (Wildman–Crippen LogP) is 1.04. The average Bonchev–Trinajstić information content (AvgIpc) is 2.26. The Morgan fingerprint density at radius 3 is 2.71 bits per heavy atom. The number of carbonyl (C=O) groups is 1. The number of hydrogen-bond acceptors (Lipinski definition) is 3. The van der Waals surface area contributed by atoms with Gasteiger partial charge in [-0.25, -0.2) is 0 Å². The Bertz CT molecular complexity index is 457. The maximum absolute atomic E-state index is 12.5. The van der Waals surface area contributed by atoms with Crippen molar-refractivity contribution >= 4 is 11.7 Å². The van der Waals surface area contributed by atoms with E-state index < -0.39 is 23.6 Å². The van der Waals surface area contributed by atoms with Gasteiger partial charge < -0.3 is 15.2 Å². The van der Waals surface area contributed by atoms with Crippen LogP contribution in [0, 0.1) is 5.92 Å². The number of rotatable bonds is 1. The predicted molar refractivity (Wildman–Crippen MR) is 52.1 cm³/mol. The maximum atomic E-state index is 12.5. The van der Waals surface area contributed by atoms with E-state index in [2.05, 4.69) is 5.32 Å². The first-order valence-corrected chi connectivity index (χ1v) is 5.03. The Hall–Kier alpha value is -1.72. The number of carboxylic acid groups (broad SMARTS) is 1. The van der Waals surface area contributed by atoms with Gasteiger partial charge in [-0.1, -0.05) is 0 Å². The monoisotopic (exact) mass is 244 g/mol. The molecule has 1 heterocycles. The summed E-state index contributed by atoms with van der Waals surface area (Å²) in [6, 6.07) is 3.28. The minimum absolute atomic E-state index is 0.0641. The van der Waals surface area contributed by atoms with Crippen molar-refractivity contribution in [1.82, 2.24) is 0 Å². The van der Waals surface area contributed by atoms with Gasteiger partial charge in [-0.05, 0) is 30.2 Å². The Balaban J connectivity index is 2.32. The van der Waals surface area contributed by atoms with Crippen LogP contribution in [0.5, 0.6) is 0 Å². The highest BCUT2D eigenvalue weighted by atomic mass is 19.4. The number of benzene rings is 1. The molecule has 1 aromatic carbocycles. The normalized spacial score (nSPS) is 19.4. The fraction of sp³-hybridized carbons (Fsp3) is 0.364. The van der Waals surface area contributed by atoms with E-state index in [1.54, 1.807) is 0 Å². The van der Waals surface area contributed by atoms with Crippen LogP contribution in [0.2, 0.25) is 0 Å². The molecule has 0 saturated heterocycles. The van der Waals surface area contributed by atoms with Crippen LogP contribution >= 0.6 is 0 Å². The molecule has 0 radical (unpaired) electrons. The number of carboxylic acids is 1. The lowest BCUT2D eigenvalue weighted by Gasteiger charge is -2.27. The highest BCUT2D eigenvalue weighted by Crippen LogP contribution is 2.33. The summed E-state index contributed by atoms with van der Waals surface area (Å²) >= 11 is 0. The third-order valence-corrected chi connectivity index (χ3v) is 2.77. The summed E-state index contributed by atoms with van der Waals surface area (Å²) in [5, 5.41) is 13.5. The van der Waals surface area contributed by atoms with Crippen LogP contribution < -0.4 is 10.4 Å². The van der Waals surface area contributed by atoms with E-state index in [0.29, 0.717) is 11.3 Å². The van der Waals surface area contributed by atoms with Crippen LogP contribution in [0.1, 0.15) is 11.1 Å². The molecule has 0 bridgehead atoms. The van der Waals surface area contributed by atoms with E-state index in [9.17, 15) is 23.1 Å². The van der Waals surface area contributed by atoms with Crippen molar-refractivity contribution in [3.8, 4) is 0 Å². The summed E-state index contributed by atoms with van der Waals surface area (Å²) < 4.78 is 37.4. The second-order valence-electron chi connectivity index (χ2n) is 3.97. The Morgan fingerprint density at radius 1 is 1.41 bits per heavy atom. The van der Waals surface area contributed by atoms with E-state index in [-0.39, 0.29) is 13.0 Å². The molecule has 1 aliphatic rings. The molecule has 0 aliphatic carbocycles. The molecule has 0 fully saturated rings. The highest BCUT2D eigenvalue weighted by Gasteiger charge is 2.31. The topological polar surface area (TPSA) is 52.2 Å². The summed E-state index contributed by atoms with van der Waals surface area (Å²) in [4.78, 5) is 10.7. The van der Waals surface area contributed by atoms with Gasteiger partial charge >= 0.3 is 6.18 Å². The Kier molecular flexibility index (Phi) is 2.73. The minimum Gasteiger partial charge on any atom is -0.550 e. The van der Waals surface area contributed by atoms with Gasteiger partial charge in [0.25, 0.3) is 0 Å². The fourth-order valence-corrected chi connectivity index (χ4v) is 1.85. The lowest BCUT2D eigenvalue weighted by Crippen LogP contribution is -2.39. The Labute approximate surface area is 95.3 Å². The molecule has 1 atom stereocenters. The van der Waals surface area contributed by atoms with Gasteiger partial charge in [-0.3, -0.25) is 0 Å². The number of carbonyl (C=O) groups excluding carboxylic acids is 1. The van der Waals surface area contributed by atoms with Gasteiger partial charge in [0, 0.05) is 24.1 Å².